The topological polar surface area (TPSA) is 119 Å². The second kappa shape index (κ2) is 12.4. The van der Waals surface area contributed by atoms with Gasteiger partial charge in [0.25, 0.3) is 5.91 Å². The van der Waals surface area contributed by atoms with E-state index < -0.39 is 11.9 Å². The van der Waals surface area contributed by atoms with E-state index in [2.05, 4.69) is 44.5 Å². The van der Waals surface area contributed by atoms with Crippen LogP contribution in [0.25, 0.3) is 22.3 Å². The number of tetrazole rings is 1. The number of anilines is 1. The first-order valence-electron chi connectivity index (χ1n) is 13.3. The number of hydrogen-bond acceptors (Lipinski definition) is 7. The van der Waals surface area contributed by atoms with Crippen molar-refractivity contribution >= 4 is 28.4 Å². The number of rotatable bonds is 10. The smallest absolute Gasteiger partial charge is 0.251 e. The van der Waals surface area contributed by atoms with Gasteiger partial charge in [-0.1, -0.05) is 32.0 Å². The minimum absolute atomic E-state index is 0.244. The molecule has 1 atom stereocenters. The molecule has 2 amide bonds. The molecule has 0 radical (unpaired) electrons. The molecule has 0 aliphatic carbocycles. The molecule has 41 heavy (non-hydrogen) atoms. The molecule has 1 N–H and O–H groups in total. The van der Waals surface area contributed by atoms with Crippen molar-refractivity contribution in [2.45, 2.75) is 32.9 Å². The van der Waals surface area contributed by atoms with Crippen LogP contribution in [0.3, 0.4) is 0 Å². The largest absolute Gasteiger partial charge is 0.354 e. The third-order valence-corrected chi connectivity index (χ3v) is 6.50. The number of carbonyl (C=O) groups is 2. The molecule has 0 saturated carbocycles. The lowest BCUT2D eigenvalue weighted by atomic mass is 10.0. The lowest BCUT2D eigenvalue weighted by molar-refractivity contribution is -0.127. The molecule has 11 heteroatoms. The van der Waals surface area contributed by atoms with Gasteiger partial charge < -0.3 is 5.32 Å². The van der Waals surface area contributed by atoms with E-state index in [0.717, 1.165) is 22.1 Å². The van der Waals surface area contributed by atoms with Crippen LogP contribution in [0.5, 0.6) is 0 Å². The van der Waals surface area contributed by atoms with Gasteiger partial charge in [-0.2, -0.15) is 4.80 Å². The number of hydrogen-bond donors (Lipinski definition) is 1. The van der Waals surface area contributed by atoms with Crippen molar-refractivity contribution in [3.8, 4) is 11.4 Å². The fourth-order valence-corrected chi connectivity index (χ4v) is 4.39. The summed E-state index contributed by atoms with van der Waals surface area (Å²) in [5, 5.41) is 16.2. The number of nitrogens with zero attached hydrogens (tertiary/aromatic N) is 7. The van der Waals surface area contributed by atoms with Crippen molar-refractivity contribution in [1.29, 1.82) is 0 Å². The highest BCUT2D eigenvalue weighted by Gasteiger charge is 2.33. The molecule has 10 nitrogen and oxygen atoms in total. The van der Waals surface area contributed by atoms with Crippen molar-refractivity contribution in [3.05, 3.63) is 96.7 Å². The summed E-state index contributed by atoms with van der Waals surface area (Å²) in [6, 6.07) is 17.4. The average Bonchev–Trinajstić information content (AvgIpc) is 3.44. The molecule has 5 aromatic rings. The maximum Gasteiger partial charge on any atom is 0.251 e. The molecule has 2 aromatic carbocycles. The van der Waals surface area contributed by atoms with Gasteiger partial charge in [0.05, 0.1) is 17.4 Å². The van der Waals surface area contributed by atoms with E-state index in [9.17, 15) is 14.0 Å². The number of fused-ring (bicyclic) bond motifs is 1. The first-order valence-corrected chi connectivity index (χ1v) is 13.3. The standard InChI is InChI=1S/C30H29FN8O2/c1-20(2)11-16-33-30(41)28(21-12-14-32-15-13-21)39(25-17-23-5-3-4-6-26(23)34-18-25)27(40)19-38-36-29(35-37-38)22-7-9-24(31)10-8-22/h3-10,12-15,17-18,20,28H,11,16,19H2,1-2H3,(H,33,41). The van der Waals surface area contributed by atoms with Gasteiger partial charge in [0.1, 0.15) is 18.4 Å². The third kappa shape index (κ3) is 6.57. The van der Waals surface area contributed by atoms with Crippen LogP contribution in [0.1, 0.15) is 31.9 Å². The number of aromatic nitrogens is 6. The molecule has 0 aliphatic heterocycles. The Bertz CT molecular complexity index is 1640. The van der Waals surface area contributed by atoms with E-state index in [1.54, 1.807) is 30.7 Å². The molecular weight excluding hydrogens is 523 g/mol. The molecule has 5 rings (SSSR count). The number of carbonyl (C=O) groups excluding carboxylic acids is 2. The Labute approximate surface area is 236 Å². The Morgan fingerprint density at radius 3 is 2.54 bits per heavy atom. The van der Waals surface area contributed by atoms with Gasteiger partial charge in [0, 0.05) is 29.9 Å². The Kier molecular flexibility index (Phi) is 8.33. The van der Waals surface area contributed by atoms with Crippen LogP contribution in [0, 0.1) is 11.7 Å². The van der Waals surface area contributed by atoms with Gasteiger partial charge >= 0.3 is 0 Å². The van der Waals surface area contributed by atoms with Crippen molar-refractivity contribution in [2.24, 2.45) is 5.92 Å². The summed E-state index contributed by atoms with van der Waals surface area (Å²) < 4.78 is 13.4. The minimum atomic E-state index is -1.01. The fraction of sp³-hybridized carbons (Fsp3) is 0.233. The van der Waals surface area contributed by atoms with Gasteiger partial charge in [0.2, 0.25) is 11.7 Å². The molecule has 0 bridgehead atoms. The predicted molar refractivity (Wildman–Crippen MR) is 152 cm³/mol. The molecule has 0 aliphatic rings. The molecule has 1 unspecified atom stereocenters. The lowest BCUT2D eigenvalue weighted by Crippen LogP contribution is -2.45. The van der Waals surface area contributed by atoms with E-state index in [-0.39, 0.29) is 24.1 Å². The zero-order chi connectivity index (χ0) is 28.8. The maximum absolute atomic E-state index is 14.1. The highest BCUT2D eigenvalue weighted by Crippen LogP contribution is 2.30. The molecule has 208 valence electrons. The van der Waals surface area contributed by atoms with Gasteiger partial charge in [-0.3, -0.25) is 24.5 Å². The Balaban J connectivity index is 1.53. The number of amides is 2. The average molecular weight is 553 g/mol. The lowest BCUT2D eigenvalue weighted by Gasteiger charge is -2.31. The minimum Gasteiger partial charge on any atom is -0.354 e. The summed E-state index contributed by atoms with van der Waals surface area (Å²) in [6.07, 6.45) is 5.53. The molecule has 0 saturated heterocycles. The van der Waals surface area contributed by atoms with Crippen LogP contribution in [-0.2, 0) is 16.1 Å². The van der Waals surface area contributed by atoms with E-state index >= 15 is 0 Å². The predicted octanol–water partition coefficient (Wildman–Crippen LogP) is 4.36. The molecule has 3 aromatic heterocycles. The molecule has 0 fully saturated rings. The fourth-order valence-electron chi connectivity index (χ4n) is 4.39. The molecular formula is C30H29FN8O2. The summed E-state index contributed by atoms with van der Waals surface area (Å²) in [4.78, 5) is 39.0. The van der Waals surface area contributed by atoms with Crippen LogP contribution in [-0.4, -0.2) is 48.5 Å². The number of para-hydroxylation sites is 1. The van der Waals surface area contributed by atoms with Crippen LogP contribution in [0.4, 0.5) is 10.1 Å². The van der Waals surface area contributed by atoms with Crippen molar-refractivity contribution in [3.63, 3.8) is 0 Å². The van der Waals surface area contributed by atoms with Crippen LogP contribution >= 0.6 is 0 Å². The molecule has 0 spiro atoms. The Morgan fingerprint density at radius 1 is 1.02 bits per heavy atom. The summed E-state index contributed by atoms with van der Waals surface area (Å²) >= 11 is 0. The summed E-state index contributed by atoms with van der Waals surface area (Å²) in [7, 11) is 0. The summed E-state index contributed by atoms with van der Waals surface area (Å²) in [5.74, 6) is -0.535. The van der Waals surface area contributed by atoms with Gasteiger partial charge in [0.15, 0.2) is 0 Å². The number of pyridine rings is 2. The second-order valence-electron chi connectivity index (χ2n) is 9.96. The van der Waals surface area contributed by atoms with Gasteiger partial charge in [-0.15, -0.1) is 10.2 Å². The number of benzene rings is 2. The SMILES string of the molecule is CC(C)CCNC(=O)C(c1ccncc1)N(C(=O)Cn1nnc(-c2ccc(F)cc2)n1)c1cnc2ccccc2c1. The second-order valence-corrected chi connectivity index (χ2v) is 9.96. The summed E-state index contributed by atoms with van der Waals surface area (Å²) in [5.41, 5.74) is 2.34. The zero-order valence-electron chi connectivity index (χ0n) is 22.7. The van der Waals surface area contributed by atoms with E-state index in [1.807, 2.05) is 30.3 Å². The van der Waals surface area contributed by atoms with Gasteiger partial charge in [-0.05, 0) is 71.6 Å². The Hall–Kier alpha value is -5.06. The highest BCUT2D eigenvalue weighted by atomic mass is 19.1. The van der Waals surface area contributed by atoms with Crippen LogP contribution in [0.15, 0.2) is 85.3 Å². The zero-order valence-corrected chi connectivity index (χ0v) is 22.7. The number of halogens is 1. The third-order valence-electron chi connectivity index (χ3n) is 6.50. The van der Waals surface area contributed by atoms with Crippen molar-refractivity contribution in [1.82, 2.24) is 35.5 Å². The highest BCUT2D eigenvalue weighted by molar-refractivity contribution is 6.02. The maximum atomic E-state index is 14.1. The quantitative estimate of drug-likeness (QED) is 0.273. The van der Waals surface area contributed by atoms with Crippen molar-refractivity contribution < 1.29 is 14.0 Å². The van der Waals surface area contributed by atoms with Gasteiger partial charge in [-0.25, -0.2) is 4.39 Å². The normalized spacial score (nSPS) is 11.9. The van der Waals surface area contributed by atoms with E-state index in [1.165, 1.54) is 29.2 Å². The van der Waals surface area contributed by atoms with E-state index in [4.69, 9.17) is 0 Å². The van der Waals surface area contributed by atoms with E-state index in [0.29, 0.717) is 29.3 Å². The van der Waals surface area contributed by atoms with Crippen LogP contribution in [0.2, 0.25) is 0 Å². The Morgan fingerprint density at radius 2 is 1.78 bits per heavy atom. The van der Waals surface area contributed by atoms with Crippen molar-refractivity contribution in [2.75, 3.05) is 11.4 Å². The van der Waals surface area contributed by atoms with Crippen LogP contribution < -0.4 is 10.2 Å². The first-order chi connectivity index (χ1) is 19.9. The first kappa shape index (κ1) is 27.5. The number of nitrogens with one attached hydrogen (secondary N) is 1. The molecule has 3 heterocycles. The summed E-state index contributed by atoms with van der Waals surface area (Å²) in [6.45, 7) is 4.31. The monoisotopic (exact) mass is 552 g/mol.